The van der Waals surface area contributed by atoms with E-state index >= 15 is 0 Å². The highest BCUT2D eigenvalue weighted by Gasteiger charge is 2.23. The zero-order valence-corrected chi connectivity index (χ0v) is 10.6. The summed E-state index contributed by atoms with van der Waals surface area (Å²) in [6, 6.07) is 0. The second-order valence-corrected chi connectivity index (χ2v) is 6.03. The second kappa shape index (κ2) is 7.41. The zero-order valence-electron chi connectivity index (χ0n) is 9.75. The van der Waals surface area contributed by atoms with Crippen molar-refractivity contribution in [2.24, 2.45) is 0 Å². The van der Waals surface area contributed by atoms with Crippen molar-refractivity contribution in [3.05, 3.63) is 0 Å². The molecule has 0 rings (SSSR count). The molecule has 0 heterocycles. The molecule has 0 bridgehead atoms. The van der Waals surface area contributed by atoms with Crippen molar-refractivity contribution < 1.29 is 9.09 Å². The molecule has 0 aliphatic heterocycles. The van der Waals surface area contributed by atoms with Crippen LogP contribution in [0.25, 0.3) is 0 Å². The zero-order chi connectivity index (χ0) is 11.0. The highest BCUT2D eigenvalue weighted by atomic mass is 31.2. The molecule has 1 N–H and O–H groups in total. The first kappa shape index (κ1) is 14.1. The summed E-state index contributed by atoms with van der Waals surface area (Å²) in [4.78, 5) is 0. The summed E-state index contributed by atoms with van der Waals surface area (Å²) in [6.07, 6.45) is 4.55. The third-order valence-electron chi connectivity index (χ3n) is 2.07. The van der Waals surface area contributed by atoms with Crippen LogP contribution in [0.1, 0.15) is 32.6 Å². The molecule has 0 aromatic heterocycles. The van der Waals surface area contributed by atoms with Crippen LogP contribution < -0.4 is 5.09 Å². The largest absolute Gasteiger partial charge is 0.342 e. The van der Waals surface area contributed by atoms with Crippen LogP contribution in [0.15, 0.2) is 0 Å². The van der Waals surface area contributed by atoms with Crippen molar-refractivity contribution in [1.82, 2.24) is 9.76 Å². The van der Waals surface area contributed by atoms with E-state index in [-0.39, 0.29) is 0 Å². The van der Waals surface area contributed by atoms with E-state index < -0.39 is 7.67 Å². The van der Waals surface area contributed by atoms with Gasteiger partial charge in [-0.15, -0.1) is 0 Å². The van der Waals surface area contributed by atoms with Gasteiger partial charge in [0.15, 0.2) is 0 Å². The molecule has 0 fully saturated rings. The van der Waals surface area contributed by atoms with Crippen LogP contribution >= 0.6 is 7.67 Å². The molecule has 5 heteroatoms. The van der Waals surface area contributed by atoms with E-state index in [0.29, 0.717) is 6.61 Å². The Labute approximate surface area is 87.6 Å². The van der Waals surface area contributed by atoms with E-state index in [2.05, 4.69) is 12.0 Å². The Kier molecular flexibility index (Phi) is 7.47. The Hall–Kier alpha value is 0.110. The molecule has 0 aliphatic carbocycles. The summed E-state index contributed by atoms with van der Waals surface area (Å²) in [7, 11) is 2.43. The Morgan fingerprint density at radius 3 is 2.36 bits per heavy atom. The predicted octanol–water partition coefficient (Wildman–Crippen LogP) is 2.47. The van der Waals surface area contributed by atoms with Crippen molar-refractivity contribution >= 4 is 7.67 Å². The molecule has 4 nitrogen and oxygen atoms in total. The fourth-order valence-electron chi connectivity index (χ4n) is 1.10. The van der Waals surface area contributed by atoms with E-state index in [9.17, 15) is 4.57 Å². The van der Waals surface area contributed by atoms with Gasteiger partial charge in [0.25, 0.3) is 0 Å². The Morgan fingerprint density at radius 2 is 1.93 bits per heavy atom. The van der Waals surface area contributed by atoms with Gasteiger partial charge in [0, 0.05) is 0 Å². The van der Waals surface area contributed by atoms with Gasteiger partial charge in [-0.25, -0.2) is 9.76 Å². The molecule has 1 unspecified atom stereocenters. The fraction of sp³-hybridized carbons (Fsp3) is 1.00. The van der Waals surface area contributed by atoms with E-state index in [0.717, 1.165) is 12.8 Å². The minimum Gasteiger partial charge on any atom is -0.306 e. The van der Waals surface area contributed by atoms with Gasteiger partial charge in [-0.2, -0.15) is 0 Å². The monoisotopic (exact) mass is 222 g/mol. The van der Waals surface area contributed by atoms with Crippen molar-refractivity contribution in [1.29, 1.82) is 0 Å². The maximum absolute atomic E-state index is 11.9. The van der Waals surface area contributed by atoms with Crippen LogP contribution in [0, 0.1) is 0 Å². The molecule has 0 amide bonds. The number of rotatable bonds is 8. The number of nitrogens with zero attached hydrogens (tertiary/aromatic N) is 1. The molecule has 86 valence electrons. The van der Waals surface area contributed by atoms with Gasteiger partial charge < -0.3 is 4.52 Å². The molecule has 1 atom stereocenters. The summed E-state index contributed by atoms with van der Waals surface area (Å²) in [5.41, 5.74) is 0. The Balaban J connectivity index is 3.69. The smallest absolute Gasteiger partial charge is 0.306 e. The van der Waals surface area contributed by atoms with Crippen LogP contribution in [0.3, 0.4) is 0 Å². The lowest BCUT2D eigenvalue weighted by atomic mass is 10.2. The maximum Gasteiger partial charge on any atom is 0.342 e. The molecular weight excluding hydrogens is 199 g/mol. The number of hydrogen-bond acceptors (Lipinski definition) is 2. The van der Waals surface area contributed by atoms with Crippen LogP contribution in [-0.2, 0) is 9.09 Å². The van der Waals surface area contributed by atoms with E-state index in [1.54, 1.807) is 25.8 Å². The third-order valence-corrected chi connectivity index (χ3v) is 4.22. The summed E-state index contributed by atoms with van der Waals surface area (Å²) in [5.74, 6) is 0. The Bertz CT molecular complexity index is 186. The van der Waals surface area contributed by atoms with Crippen molar-refractivity contribution in [3.8, 4) is 0 Å². The maximum atomic E-state index is 11.9. The van der Waals surface area contributed by atoms with Gasteiger partial charge in [0.05, 0.1) is 6.61 Å². The van der Waals surface area contributed by atoms with Gasteiger partial charge in [-0.05, 0) is 27.6 Å². The van der Waals surface area contributed by atoms with Gasteiger partial charge in [0.1, 0.15) is 0 Å². The Morgan fingerprint density at radius 1 is 1.29 bits per heavy atom. The molecule has 0 radical (unpaired) electrons. The van der Waals surface area contributed by atoms with Crippen molar-refractivity contribution in [2.45, 2.75) is 32.6 Å². The van der Waals surface area contributed by atoms with Crippen LogP contribution in [0.4, 0.5) is 0 Å². The lowest BCUT2D eigenvalue weighted by Crippen LogP contribution is -2.20. The number of nitrogens with one attached hydrogen (secondary N) is 1. The van der Waals surface area contributed by atoms with Crippen molar-refractivity contribution in [3.63, 3.8) is 0 Å². The first-order chi connectivity index (χ1) is 6.56. The molecular formula is C9H23N2O2P. The van der Waals surface area contributed by atoms with Crippen LogP contribution in [-0.4, -0.2) is 32.4 Å². The minimum absolute atomic E-state index is 0.566. The summed E-state index contributed by atoms with van der Waals surface area (Å²) in [5, 5.41) is 2.73. The molecule has 0 aromatic carbocycles. The van der Waals surface area contributed by atoms with Gasteiger partial charge in [0.2, 0.25) is 0 Å². The number of unbranched alkanes of at least 4 members (excludes halogenated alkanes) is 3. The number of hydrogen-bond donors (Lipinski definition) is 1. The van der Waals surface area contributed by atoms with Crippen LogP contribution in [0.5, 0.6) is 0 Å². The van der Waals surface area contributed by atoms with Gasteiger partial charge in [-0.3, -0.25) is 4.57 Å². The van der Waals surface area contributed by atoms with E-state index in [4.69, 9.17) is 4.52 Å². The SMILES string of the molecule is CCCCCCOP(=O)(NC)N(C)C. The topological polar surface area (TPSA) is 41.6 Å². The summed E-state index contributed by atoms with van der Waals surface area (Å²) >= 11 is 0. The quantitative estimate of drug-likeness (QED) is 0.506. The molecule has 0 saturated heterocycles. The fourth-order valence-corrected chi connectivity index (χ4v) is 2.23. The molecule has 14 heavy (non-hydrogen) atoms. The molecule has 0 aliphatic rings. The second-order valence-electron chi connectivity index (χ2n) is 3.49. The standard InChI is InChI=1S/C9H23N2O2P/c1-5-6-7-8-9-13-14(12,10-2)11(3)4/h5-9H2,1-4H3,(H,10,12). The highest BCUT2D eigenvalue weighted by Crippen LogP contribution is 2.43. The van der Waals surface area contributed by atoms with E-state index in [1.165, 1.54) is 12.8 Å². The third kappa shape index (κ3) is 5.11. The molecule has 0 aromatic rings. The van der Waals surface area contributed by atoms with Crippen molar-refractivity contribution in [2.75, 3.05) is 27.7 Å². The van der Waals surface area contributed by atoms with E-state index in [1.807, 2.05) is 0 Å². The normalized spacial score (nSPS) is 15.8. The summed E-state index contributed by atoms with van der Waals surface area (Å²) < 4.78 is 18.9. The lowest BCUT2D eigenvalue weighted by molar-refractivity contribution is 0.267. The molecule has 0 saturated carbocycles. The first-order valence-corrected chi connectivity index (χ1v) is 6.76. The first-order valence-electron chi connectivity index (χ1n) is 5.18. The van der Waals surface area contributed by atoms with Crippen LogP contribution in [0.2, 0.25) is 0 Å². The summed E-state index contributed by atoms with van der Waals surface area (Å²) in [6.45, 7) is 2.73. The minimum atomic E-state index is -2.74. The lowest BCUT2D eigenvalue weighted by Gasteiger charge is -2.23. The average molecular weight is 222 g/mol. The molecule has 0 spiro atoms. The predicted molar refractivity (Wildman–Crippen MR) is 60.4 cm³/mol. The van der Waals surface area contributed by atoms with Gasteiger partial charge >= 0.3 is 7.67 Å². The van der Waals surface area contributed by atoms with Gasteiger partial charge in [-0.1, -0.05) is 26.2 Å². The highest BCUT2D eigenvalue weighted by molar-refractivity contribution is 7.54. The average Bonchev–Trinajstić information content (AvgIpc) is 2.17.